The highest BCUT2D eigenvalue weighted by molar-refractivity contribution is 6.35. The van der Waals surface area contributed by atoms with Crippen LogP contribution < -0.4 is 0 Å². The van der Waals surface area contributed by atoms with E-state index in [1.807, 2.05) is 24.3 Å². The molecule has 104 valence electrons. The van der Waals surface area contributed by atoms with Gasteiger partial charge in [-0.3, -0.25) is 4.79 Å². The normalized spacial score (nSPS) is 10.5. The molecule has 3 heteroatoms. The molecule has 0 aliphatic heterocycles. The number of aryl methyl sites for hydroxylation is 1. The maximum Gasteiger partial charge on any atom is 0.137 e. The van der Waals surface area contributed by atoms with Gasteiger partial charge in [-0.2, -0.15) is 0 Å². The second kappa shape index (κ2) is 7.47. The van der Waals surface area contributed by atoms with Crippen molar-refractivity contribution in [2.24, 2.45) is 0 Å². The first kappa shape index (κ1) is 15.1. The highest BCUT2D eigenvalue weighted by Gasteiger charge is 2.07. The summed E-state index contributed by atoms with van der Waals surface area (Å²) in [6, 6.07) is 15.5. The van der Waals surface area contributed by atoms with Crippen molar-refractivity contribution >= 4 is 29.0 Å². The lowest BCUT2D eigenvalue weighted by atomic mass is 10.0. The van der Waals surface area contributed by atoms with Crippen LogP contribution in [0.1, 0.15) is 24.0 Å². The molecule has 0 unspecified atom stereocenters. The van der Waals surface area contributed by atoms with E-state index in [0.717, 1.165) is 18.4 Å². The zero-order valence-corrected chi connectivity index (χ0v) is 12.6. The molecule has 2 rings (SSSR count). The molecular formula is C17H16Cl2O. The molecule has 0 aromatic heterocycles. The molecule has 0 N–H and O–H groups in total. The molecule has 0 heterocycles. The highest BCUT2D eigenvalue weighted by atomic mass is 35.5. The van der Waals surface area contributed by atoms with Gasteiger partial charge in [-0.05, 0) is 36.1 Å². The monoisotopic (exact) mass is 306 g/mol. The average Bonchev–Trinajstić information content (AvgIpc) is 2.43. The first-order chi connectivity index (χ1) is 9.65. The number of carbonyl (C=O) groups excluding carboxylic acids is 1. The molecule has 0 saturated carbocycles. The summed E-state index contributed by atoms with van der Waals surface area (Å²) in [6.45, 7) is 0. The van der Waals surface area contributed by atoms with Crippen LogP contribution in [0.5, 0.6) is 0 Å². The largest absolute Gasteiger partial charge is 0.299 e. The Morgan fingerprint density at radius 2 is 1.75 bits per heavy atom. The quantitative estimate of drug-likeness (QED) is 0.723. The van der Waals surface area contributed by atoms with Crippen molar-refractivity contribution in [2.75, 3.05) is 0 Å². The molecule has 0 saturated heterocycles. The summed E-state index contributed by atoms with van der Waals surface area (Å²) in [4.78, 5) is 11.9. The minimum absolute atomic E-state index is 0.213. The van der Waals surface area contributed by atoms with E-state index in [2.05, 4.69) is 12.1 Å². The van der Waals surface area contributed by atoms with E-state index in [-0.39, 0.29) is 5.78 Å². The summed E-state index contributed by atoms with van der Waals surface area (Å²) in [6.07, 6.45) is 2.76. The summed E-state index contributed by atoms with van der Waals surface area (Å²) in [5, 5.41) is 1.16. The first-order valence-corrected chi connectivity index (χ1v) is 7.40. The number of hydrogen-bond acceptors (Lipinski definition) is 1. The molecule has 1 nitrogen and oxygen atoms in total. The van der Waals surface area contributed by atoms with Crippen LogP contribution in [0.2, 0.25) is 10.0 Å². The van der Waals surface area contributed by atoms with Gasteiger partial charge in [-0.15, -0.1) is 0 Å². The number of halogens is 2. The van der Waals surface area contributed by atoms with E-state index in [1.165, 1.54) is 5.56 Å². The molecular weight excluding hydrogens is 291 g/mol. The summed E-state index contributed by atoms with van der Waals surface area (Å²) >= 11 is 11.9. The van der Waals surface area contributed by atoms with Crippen molar-refractivity contribution in [3.05, 3.63) is 69.7 Å². The topological polar surface area (TPSA) is 17.1 Å². The lowest BCUT2D eigenvalue weighted by Crippen LogP contribution is -2.03. The second-order valence-corrected chi connectivity index (χ2v) is 5.63. The van der Waals surface area contributed by atoms with Gasteiger partial charge < -0.3 is 0 Å². The fourth-order valence-corrected chi connectivity index (χ4v) is 2.58. The lowest BCUT2D eigenvalue weighted by molar-refractivity contribution is -0.118. The maximum absolute atomic E-state index is 11.9. The standard InChI is InChI=1S/C17H16Cl2O/c18-15-10-9-14(17(19)12-15)11-16(20)8-4-7-13-5-2-1-3-6-13/h1-3,5-6,9-10,12H,4,7-8,11H2. The Balaban J connectivity index is 1.81. The third-order valence-electron chi connectivity index (χ3n) is 3.17. The number of rotatable bonds is 6. The summed E-state index contributed by atoms with van der Waals surface area (Å²) < 4.78 is 0. The zero-order chi connectivity index (χ0) is 14.4. The van der Waals surface area contributed by atoms with Gasteiger partial charge in [-0.25, -0.2) is 0 Å². The Kier molecular flexibility index (Phi) is 5.63. The summed E-state index contributed by atoms with van der Waals surface area (Å²) in [5.74, 6) is 0.213. The summed E-state index contributed by atoms with van der Waals surface area (Å²) in [5.41, 5.74) is 2.12. The van der Waals surface area contributed by atoms with Gasteiger partial charge in [0.2, 0.25) is 0 Å². The Hall–Kier alpha value is -1.31. The molecule has 0 radical (unpaired) electrons. The van der Waals surface area contributed by atoms with Crippen LogP contribution in [0, 0.1) is 0 Å². The van der Waals surface area contributed by atoms with Gasteiger partial charge >= 0.3 is 0 Å². The van der Waals surface area contributed by atoms with Gasteiger partial charge in [0.15, 0.2) is 0 Å². The second-order valence-electron chi connectivity index (χ2n) is 4.79. The van der Waals surface area contributed by atoms with Crippen LogP contribution in [0.4, 0.5) is 0 Å². The van der Waals surface area contributed by atoms with E-state index >= 15 is 0 Å². The van der Waals surface area contributed by atoms with Crippen molar-refractivity contribution in [3.8, 4) is 0 Å². The molecule has 0 aliphatic rings. The van der Waals surface area contributed by atoms with E-state index in [0.29, 0.717) is 22.9 Å². The Morgan fingerprint density at radius 1 is 1.00 bits per heavy atom. The average molecular weight is 307 g/mol. The predicted octanol–water partition coefficient (Wildman–Crippen LogP) is 5.13. The van der Waals surface area contributed by atoms with Crippen LogP contribution in [0.25, 0.3) is 0 Å². The fraction of sp³-hybridized carbons (Fsp3) is 0.235. The number of benzene rings is 2. The van der Waals surface area contributed by atoms with Crippen molar-refractivity contribution < 1.29 is 4.79 Å². The first-order valence-electron chi connectivity index (χ1n) is 6.65. The van der Waals surface area contributed by atoms with E-state index < -0.39 is 0 Å². The number of ketones is 1. The molecule has 0 fully saturated rings. The highest BCUT2D eigenvalue weighted by Crippen LogP contribution is 2.22. The third kappa shape index (κ3) is 4.66. The van der Waals surface area contributed by atoms with Gasteiger partial charge in [-0.1, -0.05) is 59.6 Å². The van der Waals surface area contributed by atoms with E-state index in [1.54, 1.807) is 12.1 Å². The SMILES string of the molecule is O=C(CCCc1ccccc1)Cc1ccc(Cl)cc1Cl. The fourth-order valence-electron chi connectivity index (χ4n) is 2.10. The summed E-state index contributed by atoms with van der Waals surface area (Å²) in [7, 11) is 0. The molecule has 0 amide bonds. The number of Topliss-reactive ketones (excluding diaryl/α,β-unsaturated/α-hetero) is 1. The van der Waals surface area contributed by atoms with Crippen molar-refractivity contribution in [1.82, 2.24) is 0 Å². The molecule has 0 aliphatic carbocycles. The van der Waals surface area contributed by atoms with E-state index in [4.69, 9.17) is 23.2 Å². The minimum Gasteiger partial charge on any atom is -0.299 e. The Morgan fingerprint density at radius 3 is 2.45 bits per heavy atom. The van der Waals surface area contributed by atoms with Crippen LogP contribution in [-0.2, 0) is 17.6 Å². The van der Waals surface area contributed by atoms with Crippen molar-refractivity contribution in [1.29, 1.82) is 0 Å². The zero-order valence-electron chi connectivity index (χ0n) is 11.1. The van der Waals surface area contributed by atoms with Crippen molar-refractivity contribution in [2.45, 2.75) is 25.7 Å². The molecule has 0 spiro atoms. The predicted molar refractivity (Wildman–Crippen MR) is 84.6 cm³/mol. The number of hydrogen-bond donors (Lipinski definition) is 0. The molecule has 0 bridgehead atoms. The maximum atomic E-state index is 11.9. The molecule has 2 aromatic carbocycles. The van der Waals surface area contributed by atoms with Crippen LogP contribution >= 0.6 is 23.2 Å². The molecule has 20 heavy (non-hydrogen) atoms. The molecule has 0 atom stereocenters. The third-order valence-corrected chi connectivity index (χ3v) is 3.75. The smallest absolute Gasteiger partial charge is 0.137 e. The van der Waals surface area contributed by atoms with Gasteiger partial charge in [0.25, 0.3) is 0 Å². The Labute approximate surface area is 129 Å². The minimum atomic E-state index is 0.213. The van der Waals surface area contributed by atoms with Crippen LogP contribution in [0.3, 0.4) is 0 Å². The van der Waals surface area contributed by atoms with E-state index in [9.17, 15) is 4.79 Å². The van der Waals surface area contributed by atoms with Gasteiger partial charge in [0.05, 0.1) is 0 Å². The van der Waals surface area contributed by atoms with Gasteiger partial charge in [0, 0.05) is 22.9 Å². The van der Waals surface area contributed by atoms with Crippen LogP contribution in [-0.4, -0.2) is 5.78 Å². The van der Waals surface area contributed by atoms with Gasteiger partial charge in [0.1, 0.15) is 5.78 Å². The Bertz CT molecular complexity index is 579. The van der Waals surface area contributed by atoms with Crippen molar-refractivity contribution in [3.63, 3.8) is 0 Å². The molecule has 2 aromatic rings. The number of carbonyl (C=O) groups is 1. The van der Waals surface area contributed by atoms with Crippen LogP contribution in [0.15, 0.2) is 48.5 Å². The lowest BCUT2D eigenvalue weighted by Gasteiger charge is -2.05.